The Morgan fingerprint density at radius 2 is 2.27 bits per heavy atom. The molecule has 0 aromatic rings. The van der Waals surface area contributed by atoms with E-state index in [2.05, 4.69) is 9.57 Å². The predicted molar refractivity (Wildman–Crippen MR) is 39.0 cm³/mol. The van der Waals surface area contributed by atoms with E-state index in [0.717, 1.165) is 0 Å². The molecule has 0 bridgehead atoms. The topological polar surface area (TPSA) is 87.6 Å². The Kier molecular flexibility index (Phi) is 6.60. The molecule has 0 atom stereocenters. The number of hydrogen-bond acceptors (Lipinski definition) is 5. The molecule has 4 N–H and O–H groups in total. The van der Waals surface area contributed by atoms with Crippen LogP contribution < -0.4 is 11.6 Å². The van der Waals surface area contributed by atoms with Gasteiger partial charge in [-0.25, -0.2) is 5.90 Å². The Labute approximate surface area is 64.9 Å². The van der Waals surface area contributed by atoms with Gasteiger partial charge in [0.05, 0.1) is 19.4 Å². The molecule has 0 aromatic carbocycles. The van der Waals surface area contributed by atoms with E-state index in [1.165, 1.54) is 6.26 Å². The second kappa shape index (κ2) is 7.20. The van der Waals surface area contributed by atoms with E-state index < -0.39 is 5.97 Å². The molecule has 0 saturated heterocycles. The van der Waals surface area contributed by atoms with Crippen molar-refractivity contribution in [2.75, 3.05) is 13.2 Å². The first-order chi connectivity index (χ1) is 5.31. The molecule has 0 aromatic heterocycles. The zero-order valence-corrected chi connectivity index (χ0v) is 6.16. The fourth-order valence-electron chi connectivity index (χ4n) is 0.376. The lowest BCUT2D eigenvalue weighted by Gasteiger charge is -1.93. The normalized spacial score (nSPS) is 10.4. The first-order valence-electron chi connectivity index (χ1n) is 3.17. The maximum absolute atomic E-state index is 10.4. The van der Waals surface area contributed by atoms with Crippen molar-refractivity contribution in [2.45, 2.75) is 6.42 Å². The molecule has 0 saturated carbocycles. The summed E-state index contributed by atoms with van der Waals surface area (Å²) < 4.78 is 4.50. The highest BCUT2D eigenvalue weighted by molar-refractivity contribution is 5.71. The molecule has 0 aliphatic rings. The Bertz CT molecular complexity index is 136. The summed E-state index contributed by atoms with van der Waals surface area (Å²) in [6, 6.07) is 0. The van der Waals surface area contributed by atoms with Crippen LogP contribution in [0.2, 0.25) is 0 Å². The number of carbonyl (C=O) groups is 1. The van der Waals surface area contributed by atoms with Gasteiger partial charge in [0.2, 0.25) is 0 Å². The van der Waals surface area contributed by atoms with Gasteiger partial charge in [-0.2, -0.15) is 0 Å². The van der Waals surface area contributed by atoms with E-state index in [9.17, 15) is 4.79 Å². The van der Waals surface area contributed by atoms with Crippen molar-refractivity contribution < 1.29 is 14.4 Å². The molecule has 11 heavy (non-hydrogen) atoms. The van der Waals surface area contributed by atoms with Crippen LogP contribution in [0.3, 0.4) is 0 Å². The van der Waals surface area contributed by atoms with Crippen LogP contribution in [0.5, 0.6) is 0 Å². The average molecular weight is 160 g/mol. The van der Waals surface area contributed by atoms with Crippen molar-refractivity contribution in [1.29, 1.82) is 0 Å². The summed E-state index contributed by atoms with van der Waals surface area (Å²) in [6.45, 7) is 0.286. The number of carbonyl (C=O) groups excluding carboxylic acids is 1. The van der Waals surface area contributed by atoms with Crippen LogP contribution in [0.15, 0.2) is 12.3 Å². The van der Waals surface area contributed by atoms with Crippen LogP contribution in [0.25, 0.3) is 0 Å². The van der Waals surface area contributed by atoms with Crippen LogP contribution >= 0.6 is 0 Å². The molecule has 0 heterocycles. The second-order valence-corrected chi connectivity index (χ2v) is 1.73. The maximum atomic E-state index is 10.4. The molecule has 0 fully saturated rings. The Hall–Kier alpha value is -0.910. The Balaban J connectivity index is 3.22. The fourth-order valence-corrected chi connectivity index (χ4v) is 0.376. The van der Waals surface area contributed by atoms with E-state index in [1.807, 2.05) is 0 Å². The molecular weight excluding hydrogens is 148 g/mol. The molecule has 0 rings (SSSR count). The molecule has 5 nitrogen and oxygen atoms in total. The Morgan fingerprint density at radius 3 is 2.82 bits per heavy atom. The zero-order chi connectivity index (χ0) is 8.53. The lowest BCUT2D eigenvalue weighted by Crippen LogP contribution is -2.14. The first-order valence-corrected chi connectivity index (χ1v) is 3.17. The van der Waals surface area contributed by atoms with Gasteiger partial charge >= 0.3 is 5.97 Å². The minimum Gasteiger partial charge on any atom is -0.434 e. The quantitative estimate of drug-likeness (QED) is 0.240. The zero-order valence-electron chi connectivity index (χ0n) is 6.16. The molecular formula is C6H12N2O3. The summed E-state index contributed by atoms with van der Waals surface area (Å²) in [5.41, 5.74) is 4.96. The van der Waals surface area contributed by atoms with E-state index in [1.54, 1.807) is 6.08 Å². The maximum Gasteiger partial charge on any atom is 0.324 e. The third-order valence-corrected chi connectivity index (χ3v) is 0.865. The van der Waals surface area contributed by atoms with Crippen molar-refractivity contribution >= 4 is 5.97 Å². The lowest BCUT2D eigenvalue weighted by molar-refractivity contribution is -0.136. The number of ether oxygens (including phenoxy) is 1. The molecule has 0 aliphatic carbocycles. The largest absolute Gasteiger partial charge is 0.434 e. The number of rotatable bonds is 5. The number of esters is 1. The van der Waals surface area contributed by atoms with Crippen LogP contribution in [-0.4, -0.2) is 19.1 Å². The third kappa shape index (κ3) is 6.98. The summed E-state index contributed by atoms with van der Waals surface area (Å²) in [7, 11) is 0. The van der Waals surface area contributed by atoms with Gasteiger partial charge in [0.25, 0.3) is 0 Å². The van der Waals surface area contributed by atoms with Crippen molar-refractivity contribution in [1.82, 2.24) is 0 Å². The highest BCUT2D eigenvalue weighted by atomic mass is 16.6. The summed E-state index contributed by atoms with van der Waals surface area (Å²) in [5.74, 6) is 4.27. The average Bonchev–Trinajstić information content (AvgIpc) is 2.04. The molecule has 0 unspecified atom stereocenters. The van der Waals surface area contributed by atoms with E-state index in [4.69, 9.17) is 11.6 Å². The van der Waals surface area contributed by atoms with Gasteiger partial charge in [0.1, 0.15) is 0 Å². The van der Waals surface area contributed by atoms with Crippen LogP contribution in [0.4, 0.5) is 0 Å². The number of hydrogen-bond donors (Lipinski definition) is 2. The minimum atomic E-state index is -0.463. The SMILES string of the molecule is NCC(=O)OC=CCCON. The van der Waals surface area contributed by atoms with Crippen molar-refractivity contribution in [3.8, 4) is 0 Å². The third-order valence-electron chi connectivity index (χ3n) is 0.865. The van der Waals surface area contributed by atoms with E-state index >= 15 is 0 Å². The highest BCUT2D eigenvalue weighted by Gasteiger charge is 1.91. The van der Waals surface area contributed by atoms with Gasteiger partial charge in [-0.05, 0) is 12.5 Å². The molecule has 0 radical (unpaired) electrons. The molecule has 5 heteroatoms. The van der Waals surface area contributed by atoms with E-state index in [-0.39, 0.29) is 6.54 Å². The van der Waals surface area contributed by atoms with Crippen LogP contribution in [0, 0.1) is 0 Å². The summed E-state index contributed by atoms with van der Waals surface area (Å²) >= 11 is 0. The number of nitrogens with two attached hydrogens (primary N) is 2. The van der Waals surface area contributed by atoms with Gasteiger partial charge in [-0.15, -0.1) is 0 Å². The van der Waals surface area contributed by atoms with Gasteiger partial charge in [0, 0.05) is 0 Å². The molecule has 0 amide bonds. The molecule has 0 spiro atoms. The Morgan fingerprint density at radius 1 is 1.55 bits per heavy atom. The smallest absolute Gasteiger partial charge is 0.324 e. The van der Waals surface area contributed by atoms with Gasteiger partial charge < -0.3 is 15.3 Å². The molecule has 0 aliphatic heterocycles. The van der Waals surface area contributed by atoms with Crippen molar-refractivity contribution in [2.24, 2.45) is 11.6 Å². The lowest BCUT2D eigenvalue weighted by atomic mass is 10.4. The standard InChI is InChI=1S/C6H12N2O3/c7-5-6(9)10-3-1-2-4-11-8/h1,3H,2,4-5,7-8H2. The van der Waals surface area contributed by atoms with Gasteiger partial charge in [-0.1, -0.05) is 0 Å². The van der Waals surface area contributed by atoms with Gasteiger partial charge in [0.15, 0.2) is 0 Å². The first kappa shape index (κ1) is 10.1. The fraction of sp³-hybridized carbons (Fsp3) is 0.500. The monoisotopic (exact) mass is 160 g/mol. The summed E-state index contributed by atoms with van der Waals surface area (Å²) in [5, 5.41) is 0. The van der Waals surface area contributed by atoms with Crippen LogP contribution in [0.1, 0.15) is 6.42 Å². The van der Waals surface area contributed by atoms with Gasteiger partial charge in [-0.3, -0.25) is 4.79 Å². The minimum absolute atomic E-state index is 0.113. The van der Waals surface area contributed by atoms with Crippen molar-refractivity contribution in [3.05, 3.63) is 12.3 Å². The second-order valence-electron chi connectivity index (χ2n) is 1.73. The predicted octanol–water partition coefficient (Wildman–Crippen LogP) is -0.718. The molecule has 64 valence electrons. The van der Waals surface area contributed by atoms with Crippen molar-refractivity contribution in [3.63, 3.8) is 0 Å². The summed E-state index contributed by atoms with van der Waals surface area (Å²) in [6.07, 6.45) is 3.50. The summed E-state index contributed by atoms with van der Waals surface area (Å²) in [4.78, 5) is 14.6. The van der Waals surface area contributed by atoms with Crippen LogP contribution in [-0.2, 0) is 14.4 Å². The highest BCUT2D eigenvalue weighted by Crippen LogP contribution is 1.84. The van der Waals surface area contributed by atoms with E-state index in [0.29, 0.717) is 13.0 Å².